The average Bonchev–Trinajstić information content (AvgIpc) is 2.42. The average molecular weight is 379 g/mol. The van der Waals surface area contributed by atoms with Gasteiger partial charge in [-0.3, -0.25) is 4.79 Å². The lowest BCUT2D eigenvalue weighted by atomic mass is 9.87. The molecular formula is C11H14F9NO3. The van der Waals surface area contributed by atoms with Crippen LogP contribution in [0.25, 0.3) is 0 Å². The van der Waals surface area contributed by atoms with Gasteiger partial charge in [0.15, 0.2) is 0 Å². The lowest BCUT2D eigenvalue weighted by Gasteiger charge is -2.34. The molecule has 13 heteroatoms. The van der Waals surface area contributed by atoms with Crippen molar-refractivity contribution >= 4 is 5.91 Å². The van der Waals surface area contributed by atoms with Gasteiger partial charge in [-0.15, -0.1) is 0 Å². The van der Waals surface area contributed by atoms with Crippen LogP contribution in [0, 0.1) is 5.41 Å². The van der Waals surface area contributed by atoms with E-state index in [1.165, 1.54) is 0 Å². The second-order valence-electron chi connectivity index (χ2n) is 5.62. The highest BCUT2D eigenvalue weighted by Gasteiger charge is 2.81. The minimum atomic E-state index is -7.06. The zero-order valence-corrected chi connectivity index (χ0v) is 12.2. The van der Waals surface area contributed by atoms with Gasteiger partial charge < -0.3 is 15.5 Å². The summed E-state index contributed by atoms with van der Waals surface area (Å²) in [5.41, 5.74) is -1.61. The first-order chi connectivity index (χ1) is 10.3. The number of alkyl halides is 9. The molecule has 0 bridgehead atoms. The highest BCUT2D eigenvalue weighted by molar-refractivity contribution is 5.81. The molecule has 1 amide bonds. The molecule has 0 aromatic carbocycles. The first-order valence-corrected chi connectivity index (χ1v) is 6.12. The van der Waals surface area contributed by atoms with Crippen LogP contribution in [0.1, 0.15) is 13.8 Å². The Morgan fingerprint density at radius 1 is 0.958 bits per heavy atom. The van der Waals surface area contributed by atoms with E-state index in [1.54, 1.807) is 0 Å². The van der Waals surface area contributed by atoms with E-state index in [1.807, 2.05) is 0 Å². The molecule has 0 radical (unpaired) electrons. The number of amides is 1. The number of hydrogen-bond donors (Lipinski definition) is 3. The molecule has 0 aliphatic carbocycles. The maximum absolute atomic E-state index is 13.2. The molecule has 0 aromatic rings. The van der Waals surface area contributed by atoms with Crippen LogP contribution in [0.2, 0.25) is 0 Å². The van der Waals surface area contributed by atoms with Gasteiger partial charge in [0.1, 0.15) is 6.10 Å². The number of carbonyl (C=O) groups excluding carboxylic acids is 1. The maximum Gasteiger partial charge on any atom is 0.460 e. The van der Waals surface area contributed by atoms with Gasteiger partial charge in [-0.25, -0.2) is 0 Å². The SMILES string of the molecule is CC(C)(CO)C(O)C(=O)NCC(F)(F)C(F)(F)C(F)(F)C(F)(F)F. The number of carbonyl (C=O) groups is 1. The van der Waals surface area contributed by atoms with Crippen molar-refractivity contribution in [3.63, 3.8) is 0 Å². The van der Waals surface area contributed by atoms with Gasteiger partial charge in [-0.1, -0.05) is 13.8 Å². The Balaban J connectivity index is 5.26. The molecule has 0 spiro atoms. The van der Waals surface area contributed by atoms with Crippen molar-refractivity contribution in [2.45, 2.75) is 43.9 Å². The van der Waals surface area contributed by atoms with E-state index < -0.39 is 54.5 Å². The van der Waals surface area contributed by atoms with Gasteiger partial charge in [0, 0.05) is 5.41 Å². The summed E-state index contributed by atoms with van der Waals surface area (Å²) in [6.07, 6.45) is -9.17. The van der Waals surface area contributed by atoms with Gasteiger partial charge >= 0.3 is 23.9 Å². The molecule has 4 nitrogen and oxygen atoms in total. The molecule has 0 aliphatic heterocycles. The Morgan fingerprint density at radius 2 is 1.38 bits per heavy atom. The van der Waals surface area contributed by atoms with Crippen molar-refractivity contribution in [2.24, 2.45) is 5.41 Å². The van der Waals surface area contributed by atoms with Gasteiger partial charge in [0.05, 0.1) is 13.2 Å². The predicted octanol–water partition coefficient (Wildman–Crippen LogP) is 1.95. The largest absolute Gasteiger partial charge is 0.460 e. The fraction of sp³-hybridized carbons (Fsp3) is 0.909. The fourth-order valence-electron chi connectivity index (χ4n) is 1.25. The molecule has 0 aromatic heterocycles. The molecule has 0 heterocycles. The summed E-state index contributed by atoms with van der Waals surface area (Å²) in [6.45, 7) is -1.30. The third-order valence-corrected chi connectivity index (χ3v) is 3.09. The van der Waals surface area contributed by atoms with Crippen LogP contribution in [-0.2, 0) is 4.79 Å². The van der Waals surface area contributed by atoms with E-state index in [4.69, 9.17) is 5.11 Å². The predicted molar refractivity (Wildman–Crippen MR) is 60.8 cm³/mol. The number of halogens is 9. The smallest absolute Gasteiger partial charge is 0.396 e. The summed E-state index contributed by atoms with van der Waals surface area (Å²) in [7, 11) is 0. The normalized spacial score (nSPS) is 16.0. The summed E-state index contributed by atoms with van der Waals surface area (Å²) < 4.78 is 113. The van der Waals surface area contributed by atoms with E-state index in [2.05, 4.69) is 0 Å². The molecule has 0 saturated carbocycles. The Hall–Kier alpha value is -1.24. The molecular weight excluding hydrogens is 365 g/mol. The van der Waals surface area contributed by atoms with Gasteiger partial charge in [0.25, 0.3) is 0 Å². The summed E-state index contributed by atoms with van der Waals surface area (Å²) in [6, 6.07) is 0. The van der Waals surface area contributed by atoms with Crippen molar-refractivity contribution in [3.8, 4) is 0 Å². The number of aliphatic hydroxyl groups is 2. The molecule has 0 aliphatic rings. The van der Waals surface area contributed by atoms with E-state index in [0.29, 0.717) is 0 Å². The van der Waals surface area contributed by atoms with Crippen molar-refractivity contribution in [3.05, 3.63) is 0 Å². The van der Waals surface area contributed by atoms with Crippen LogP contribution in [0.5, 0.6) is 0 Å². The summed E-state index contributed by atoms with van der Waals surface area (Å²) >= 11 is 0. The Kier molecular flexibility index (Phi) is 6.24. The third kappa shape index (κ3) is 4.05. The first-order valence-electron chi connectivity index (χ1n) is 6.12. The summed E-state index contributed by atoms with van der Waals surface area (Å²) in [4.78, 5) is 11.3. The van der Waals surface area contributed by atoms with Crippen LogP contribution in [-0.4, -0.2) is 59.3 Å². The van der Waals surface area contributed by atoms with Crippen LogP contribution >= 0.6 is 0 Å². The lowest BCUT2D eigenvalue weighted by Crippen LogP contribution is -2.64. The van der Waals surface area contributed by atoms with E-state index in [9.17, 15) is 49.4 Å². The molecule has 3 N–H and O–H groups in total. The quantitative estimate of drug-likeness (QED) is 0.593. The van der Waals surface area contributed by atoms with Crippen molar-refractivity contribution < 1.29 is 54.5 Å². The van der Waals surface area contributed by atoms with Gasteiger partial charge in [-0.05, 0) is 0 Å². The van der Waals surface area contributed by atoms with Crippen molar-refractivity contribution in [1.82, 2.24) is 5.32 Å². The highest BCUT2D eigenvalue weighted by atomic mass is 19.4. The van der Waals surface area contributed by atoms with Crippen molar-refractivity contribution in [1.29, 1.82) is 0 Å². The number of nitrogens with one attached hydrogen (secondary N) is 1. The van der Waals surface area contributed by atoms with Gasteiger partial charge in [0.2, 0.25) is 5.91 Å². The Labute approximate surface area is 129 Å². The number of hydrogen-bond acceptors (Lipinski definition) is 3. The zero-order valence-electron chi connectivity index (χ0n) is 12.2. The molecule has 0 saturated heterocycles. The van der Waals surface area contributed by atoms with Crippen LogP contribution in [0.3, 0.4) is 0 Å². The Bertz CT molecular complexity index is 462. The fourth-order valence-corrected chi connectivity index (χ4v) is 1.25. The zero-order chi connectivity index (χ0) is 19.8. The van der Waals surface area contributed by atoms with Crippen LogP contribution < -0.4 is 5.32 Å². The summed E-state index contributed by atoms with van der Waals surface area (Å²) in [5.74, 6) is -21.7. The summed E-state index contributed by atoms with van der Waals surface area (Å²) in [5, 5.41) is 19.2. The standard InChI is InChI=1S/C11H14F9NO3/c1-7(2,4-22)5(23)6(24)21-3-8(12,13)9(14,15)10(16,17)11(18,19)20/h5,22-23H,3-4H2,1-2H3,(H,21,24). The molecule has 24 heavy (non-hydrogen) atoms. The second kappa shape index (κ2) is 6.58. The minimum absolute atomic E-state index is 0.847. The van der Waals surface area contributed by atoms with Gasteiger partial charge in [-0.2, -0.15) is 39.5 Å². The topological polar surface area (TPSA) is 69.6 Å². The minimum Gasteiger partial charge on any atom is -0.396 e. The monoisotopic (exact) mass is 379 g/mol. The third-order valence-electron chi connectivity index (χ3n) is 3.09. The van der Waals surface area contributed by atoms with Crippen LogP contribution in [0.4, 0.5) is 39.5 Å². The highest BCUT2D eigenvalue weighted by Crippen LogP contribution is 2.52. The van der Waals surface area contributed by atoms with E-state index >= 15 is 0 Å². The molecule has 1 unspecified atom stereocenters. The van der Waals surface area contributed by atoms with Crippen LogP contribution in [0.15, 0.2) is 0 Å². The Morgan fingerprint density at radius 3 is 1.71 bits per heavy atom. The molecule has 1 atom stereocenters. The maximum atomic E-state index is 13.2. The second-order valence-corrected chi connectivity index (χ2v) is 5.62. The molecule has 0 fully saturated rings. The van der Waals surface area contributed by atoms with Crippen molar-refractivity contribution in [2.75, 3.05) is 13.2 Å². The number of rotatable bonds is 7. The van der Waals surface area contributed by atoms with E-state index in [0.717, 1.165) is 19.2 Å². The first kappa shape index (κ1) is 22.8. The molecule has 144 valence electrons. The lowest BCUT2D eigenvalue weighted by molar-refractivity contribution is -0.394. The number of aliphatic hydroxyl groups excluding tert-OH is 2. The molecule has 0 rings (SSSR count). The van der Waals surface area contributed by atoms with E-state index in [-0.39, 0.29) is 0 Å².